The van der Waals surface area contributed by atoms with Crippen LogP contribution >= 0.6 is 0 Å². The number of aromatic nitrogens is 8. The maximum Gasteiger partial charge on any atom is 0.160 e. The molecule has 0 atom stereocenters. The Morgan fingerprint density at radius 2 is 0.649 bits per heavy atom. The summed E-state index contributed by atoms with van der Waals surface area (Å²) < 4.78 is 4.33. The van der Waals surface area contributed by atoms with Crippen LogP contribution in [0.3, 0.4) is 0 Å². The van der Waals surface area contributed by atoms with Gasteiger partial charge in [-0.05, 0) is 137 Å². The van der Waals surface area contributed by atoms with Crippen LogP contribution in [0, 0.1) is 0 Å². The zero-order chi connectivity index (χ0) is 62.1. The standard InChI is InChI=1S/C86H54N8/c1-2-15-55(16-3-1)56-29-35-61(36-30-56)76-54-77(62-37-41-64(42-38-62)85-82(91-78-25-10-13-50-94(78)85)80-71-22-7-4-17-59(71)45-47-87-80)90-86(89-76)69-20-14-19-65(52-69)66-43-44-72-68(51-66)46-48-88-81(72)83-84(93-49-12-11-26-79(93)92-83)63-39-31-58(32-40-63)57-27-33-60(34-28-57)75-53-67-18-5-6-21-70(67)73-23-8-9-24-74(73)75/h1-54H. The van der Waals surface area contributed by atoms with Crippen molar-refractivity contribution in [1.29, 1.82) is 0 Å². The second-order valence-corrected chi connectivity index (χ2v) is 23.9. The van der Waals surface area contributed by atoms with Crippen molar-refractivity contribution in [2.75, 3.05) is 0 Å². The van der Waals surface area contributed by atoms with Crippen LogP contribution in [0.15, 0.2) is 328 Å². The van der Waals surface area contributed by atoms with E-state index in [-0.39, 0.29) is 0 Å². The lowest BCUT2D eigenvalue weighted by Crippen LogP contribution is -1.97. The third-order valence-corrected chi connectivity index (χ3v) is 18.3. The molecule has 0 amide bonds. The number of benzene rings is 11. The Balaban J connectivity index is 0.679. The van der Waals surface area contributed by atoms with Gasteiger partial charge in [0.1, 0.15) is 22.7 Å². The van der Waals surface area contributed by atoms with E-state index < -0.39 is 0 Å². The van der Waals surface area contributed by atoms with Crippen molar-refractivity contribution >= 4 is 54.4 Å². The first kappa shape index (κ1) is 54.2. The molecular weight excluding hydrogens is 1150 g/mol. The Morgan fingerprint density at radius 1 is 0.223 bits per heavy atom. The summed E-state index contributed by atoms with van der Waals surface area (Å²) in [4.78, 5) is 31.2. The lowest BCUT2D eigenvalue weighted by molar-refractivity contribution is 1.18. The van der Waals surface area contributed by atoms with E-state index in [4.69, 9.17) is 29.9 Å². The van der Waals surface area contributed by atoms with Crippen molar-refractivity contribution in [3.63, 3.8) is 0 Å². The van der Waals surface area contributed by atoms with E-state index in [0.717, 1.165) is 140 Å². The zero-order valence-corrected chi connectivity index (χ0v) is 50.8. The topological polar surface area (TPSA) is 86.2 Å². The quantitative estimate of drug-likeness (QED) is 0.120. The third-order valence-electron chi connectivity index (χ3n) is 18.3. The van der Waals surface area contributed by atoms with E-state index in [2.05, 4.69) is 288 Å². The van der Waals surface area contributed by atoms with Gasteiger partial charge in [0.05, 0.1) is 34.2 Å². The van der Waals surface area contributed by atoms with Crippen molar-refractivity contribution in [2.45, 2.75) is 0 Å². The van der Waals surface area contributed by atoms with Gasteiger partial charge in [-0.2, -0.15) is 0 Å². The molecule has 0 unspecified atom stereocenters. The fourth-order valence-electron chi connectivity index (χ4n) is 13.7. The van der Waals surface area contributed by atoms with Gasteiger partial charge in [0.15, 0.2) is 5.82 Å². The lowest BCUT2D eigenvalue weighted by Gasteiger charge is -2.13. The maximum absolute atomic E-state index is 5.38. The summed E-state index contributed by atoms with van der Waals surface area (Å²) >= 11 is 0. The zero-order valence-electron chi connectivity index (χ0n) is 50.8. The Labute approximate surface area is 541 Å². The predicted octanol–water partition coefficient (Wildman–Crippen LogP) is 21.5. The molecule has 18 aromatic rings. The number of fused-ring (bicyclic) bond motifs is 7. The van der Waals surface area contributed by atoms with E-state index >= 15 is 0 Å². The van der Waals surface area contributed by atoms with Crippen LogP contribution in [0.2, 0.25) is 0 Å². The van der Waals surface area contributed by atoms with E-state index in [9.17, 15) is 0 Å². The minimum absolute atomic E-state index is 0.625. The van der Waals surface area contributed by atoms with Crippen LogP contribution in [-0.4, -0.2) is 38.7 Å². The van der Waals surface area contributed by atoms with Crippen molar-refractivity contribution in [2.24, 2.45) is 0 Å². The van der Waals surface area contributed by atoms with Gasteiger partial charge in [0, 0.05) is 63.4 Å². The monoisotopic (exact) mass is 1200 g/mol. The smallest absolute Gasteiger partial charge is 0.160 e. The molecule has 0 spiro atoms. The molecule has 0 radical (unpaired) electrons. The van der Waals surface area contributed by atoms with Crippen molar-refractivity contribution in [1.82, 2.24) is 38.7 Å². The third kappa shape index (κ3) is 9.56. The minimum atomic E-state index is 0.625. The Morgan fingerprint density at radius 3 is 1.27 bits per heavy atom. The summed E-state index contributed by atoms with van der Waals surface area (Å²) in [6.07, 6.45) is 7.93. The molecule has 18 rings (SSSR count). The van der Waals surface area contributed by atoms with Crippen LogP contribution in [0.4, 0.5) is 0 Å². The van der Waals surface area contributed by atoms with Crippen molar-refractivity contribution < 1.29 is 0 Å². The highest BCUT2D eigenvalue weighted by Gasteiger charge is 2.23. The highest BCUT2D eigenvalue weighted by atomic mass is 15.0. The predicted molar refractivity (Wildman–Crippen MR) is 385 cm³/mol. The largest absolute Gasteiger partial charge is 0.299 e. The Hall–Kier alpha value is -12.8. The van der Waals surface area contributed by atoms with Gasteiger partial charge >= 0.3 is 0 Å². The van der Waals surface area contributed by atoms with Crippen LogP contribution in [0.25, 0.3) is 178 Å². The van der Waals surface area contributed by atoms with Crippen LogP contribution < -0.4 is 0 Å². The van der Waals surface area contributed by atoms with Gasteiger partial charge in [-0.15, -0.1) is 0 Å². The van der Waals surface area contributed by atoms with E-state index in [0.29, 0.717) is 5.82 Å². The molecule has 0 aliphatic carbocycles. The first-order valence-corrected chi connectivity index (χ1v) is 31.6. The molecule has 0 saturated carbocycles. The van der Waals surface area contributed by atoms with Crippen molar-refractivity contribution in [3.05, 3.63) is 328 Å². The number of hydrogen-bond donors (Lipinski definition) is 0. The number of pyridine rings is 4. The summed E-state index contributed by atoms with van der Waals surface area (Å²) in [5.41, 5.74) is 22.6. The van der Waals surface area contributed by atoms with Gasteiger partial charge in [0.2, 0.25) is 0 Å². The summed E-state index contributed by atoms with van der Waals surface area (Å²) in [6.45, 7) is 0. The fourth-order valence-corrected chi connectivity index (χ4v) is 13.7. The highest BCUT2D eigenvalue weighted by molar-refractivity contribution is 6.14. The van der Waals surface area contributed by atoms with E-state index in [1.54, 1.807) is 0 Å². The summed E-state index contributed by atoms with van der Waals surface area (Å²) in [6, 6.07) is 107. The van der Waals surface area contributed by atoms with Gasteiger partial charge in [0.25, 0.3) is 0 Å². The summed E-state index contributed by atoms with van der Waals surface area (Å²) in [5, 5.41) is 9.27. The number of hydrogen-bond acceptors (Lipinski definition) is 6. The SMILES string of the molecule is c1ccc(-c2ccc(-c3cc(-c4ccc(-c5c(-c6nccc7ccccc67)nc6ccccn56)cc4)nc(-c4cccc(-c5ccc6c(-c7nc8ccccn8c7-c7ccc(-c8ccc(-c9cc%10ccccc%10c%10ccccc9%10)cc8)cc7)nccc6c5)c4)n3)cc2)cc1. The van der Waals surface area contributed by atoms with Crippen LogP contribution in [0.1, 0.15) is 0 Å². The average molecular weight is 1200 g/mol. The molecule has 0 fully saturated rings. The fraction of sp³-hybridized carbons (Fsp3) is 0. The molecule has 0 saturated heterocycles. The van der Waals surface area contributed by atoms with Gasteiger partial charge < -0.3 is 0 Å². The average Bonchev–Trinajstić information content (AvgIpc) is 1.47. The molecule has 0 aliphatic rings. The Bertz CT molecular complexity index is 5950. The normalized spacial score (nSPS) is 11.6. The molecule has 11 aromatic carbocycles. The molecule has 8 heteroatoms. The van der Waals surface area contributed by atoms with Crippen molar-refractivity contribution in [3.8, 4) is 124 Å². The molecule has 0 aliphatic heterocycles. The van der Waals surface area contributed by atoms with Gasteiger partial charge in [-0.1, -0.05) is 243 Å². The maximum atomic E-state index is 5.38. The highest BCUT2D eigenvalue weighted by Crippen LogP contribution is 2.42. The second kappa shape index (κ2) is 22.6. The van der Waals surface area contributed by atoms with Gasteiger partial charge in [-0.25, -0.2) is 19.9 Å². The van der Waals surface area contributed by atoms with Crippen LogP contribution in [-0.2, 0) is 0 Å². The number of rotatable bonds is 11. The van der Waals surface area contributed by atoms with E-state index in [1.807, 2.05) is 48.8 Å². The molecule has 438 valence electrons. The minimum Gasteiger partial charge on any atom is -0.299 e. The lowest BCUT2D eigenvalue weighted by atomic mass is 9.92. The molecule has 7 aromatic heterocycles. The summed E-state index contributed by atoms with van der Waals surface area (Å²) in [5.74, 6) is 0.625. The summed E-state index contributed by atoms with van der Waals surface area (Å²) in [7, 11) is 0. The van der Waals surface area contributed by atoms with Crippen LogP contribution in [0.5, 0.6) is 0 Å². The van der Waals surface area contributed by atoms with E-state index in [1.165, 1.54) is 32.7 Å². The molecule has 94 heavy (non-hydrogen) atoms. The van der Waals surface area contributed by atoms with Gasteiger partial charge in [-0.3, -0.25) is 18.8 Å². The molecule has 8 nitrogen and oxygen atoms in total. The molecule has 0 N–H and O–H groups in total. The first-order valence-electron chi connectivity index (χ1n) is 31.6. The number of imidazole rings is 2. The first-order chi connectivity index (χ1) is 46.6. The molecule has 7 heterocycles. The number of nitrogens with zero attached hydrogens (tertiary/aromatic N) is 8. The molecule has 0 bridgehead atoms. The Kier molecular flexibility index (Phi) is 13.0. The molecular formula is C86H54N8. The second-order valence-electron chi connectivity index (χ2n) is 23.9.